The molecule has 2 aromatic heterocycles. The lowest BCUT2D eigenvalue weighted by Crippen LogP contribution is -2.49. The van der Waals surface area contributed by atoms with Crippen LogP contribution in [-0.4, -0.2) is 64.4 Å². The number of para-hydroxylation sites is 1. The van der Waals surface area contributed by atoms with Crippen molar-refractivity contribution in [1.29, 1.82) is 0 Å². The lowest BCUT2D eigenvalue weighted by atomic mass is 10.0. The number of carbonyl (C=O) groups excluding carboxylic acids is 2. The third kappa shape index (κ3) is 4.48. The van der Waals surface area contributed by atoms with Gasteiger partial charge in [-0.15, -0.1) is 0 Å². The van der Waals surface area contributed by atoms with E-state index in [-0.39, 0.29) is 29.9 Å². The molecule has 0 spiro atoms. The highest BCUT2D eigenvalue weighted by Crippen LogP contribution is 2.30. The van der Waals surface area contributed by atoms with Gasteiger partial charge in [0.1, 0.15) is 11.8 Å². The van der Waals surface area contributed by atoms with Gasteiger partial charge in [-0.3, -0.25) is 19.4 Å². The summed E-state index contributed by atoms with van der Waals surface area (Å²) in [6, 6.07) is 12.2. The van der Waals surface area contributed by atoms with Crippen molar-refractivity contribution in [3.8, 4) is 0 Å². The van der Waals surface area contributed by atoms with Gasteiger partial charge in [-0.05, 0) is 43.7 Å². The fourth-order valence-electron chi connectivity index (χ4n) is 5.58. The van der Waals surface area contributed by atoms with Crippen molar-refractivity contribution in [2.45, 2.75) is 50.5 Å². The Morgan fingerprint density at radius 3 is 2.88 bits per heavy atom. The van der Waals surface area contributed by atoms with E-state index >= 15 is 0 Å². The third-order valence-corrected chi connectivity index (χ3v) is 7.45. The normalized spacial score (nSPS) is 23.6. The monoisotopic (exact) mass is 463 g/mol. The standard InChI is InChI=1S/C26H33N5O3/c1-29-16-18(21-7-3-4-8-22(21)29)17-31-12-11-23-25(31)26(33)28-14-19(30(23)2)9-10-24(32)27-15-20-6-5-13-34-20/h3-8,13,16,19,23,25H,9-12,14-15,17H2,1-2H3,(H,27,32)(H,28,33). The second-order valence-electron chi connectivity index (χ2n) is 9.51. The van der Waals surface area contributed by atoms with Crippen LogP contribution in [0.25, 0.3) is 10.9 Å². The van der Waals surface area contributed by atoms with Crippen LogP contribution in [0.1, 0.15) is 30.6 Å². The minimum atomic E-state index is -0.179. The van der Waals surface area contributed by atoms with Crippen LogP contribution in [0.5, 0.6) is 0 Å². The van der Waals surface area contributed by atoms with Gasteiger partial charge >= 0.3 is 0 Å². The van der Waals surface area contributed by atoms with E-state index in [1.54, 1.807) is 6.26 Å². The summed E-state index contributed by atoms with van der Waals surface area (Å²) in [6.07, 6.45) is 5.85. The molecule has 2 amide bonds. The van der Waals surface area contributed by atoms with E-state index in [0.717, 1.165) is 25.3 Å². The lowest BCUT2D eigenvalue weighted by molar-refractivity contribution is -0.126. The molecule has 4 heterocycles. The van der Waals surface area contributed by atoms with E-state index in [4.69, 9.17) is 4.42 Å². The van der Waals surface area contributed by atoms with Crippen LogP contribution in [0, 0.1) is 0 Å². The van der Waals surface area contributed by atoms with Crippen LogP contribution in [0.15, 0.2) is 53.3 Å². The number of rotatable bonds is 7. The summed E-state index contributed by atoms with van der Waals surface area (Å²) in [7, 11) is 4.17. The molecule has 2 aliphatic heterocycles. The van der Waals surface area contributed by atoms with Crippen LogP contribution >= 0.6 is 0 Å². The molecule has 3 aromatic rings. The molecular formula is C26H33N5O3. The number of carbonyl (C=O) groups is 2. The van der Waals surface area contributed by atoms with Crippen molar-refractivity contribution in [3.05, 3.63) is 60.2 Å². The van der Waals surface area contributed by atoms with Gasteiger partial charge in [-0.1, -0.05) is 18.2 Å². The molecule has 34 heavy (non-hydrogen) atoms. The molecule has 3 unspecified atom stereocenters. The minimum absolute atomic E-state index is 0.000859. The molecule has 0 bridgehead atoms. The van der Waals surface area contributed by atoms with Gasteiger partial charge in [-0.25, -0.2) is 0 Å². The third-order valence-electron chi connectivity index (χ3n) is 7.45. The molecule has 0 aliphatic carbocycles. The second-order valence-corrected chi connectivity index (χ2v) is 9.51. The zero-order valence-electron chi connectivity index (χ0n) is 19.9. The van der Waals surface area contributed by atoms with Crippen molar-refractivity contribution in [2.75, 3.05) is 20.1 Å². The van der Waals surface area contributed by atoms with E-state index < -0.39 is 0 Å². The fraction of sp³-hybridized carbons (Fsp3) is 0.462. The molecule has 2 aliphatic rings. The van der Waals surface area contributed by atoms with Gasteiger partial charge in [0.05, 0.1) is 12.8 Å². The summed E-state index contributed by atoms with van der Waals surface area (Å²) in [4.78, 5) is 30.2. The molecule has 3 atom stereocenters. The number of amides is 2. The summed E-state index contributed by atoms with van der Waals surface area (Å²) >= 11 is 0. The molecule has 2 N–H and O–H groups in total. The Morgan fingerprint density at radius 2 is 2.06 bits per heavy atom. The topological polar surface area (TPSA) is 82.8 Å². The van der Waals surface area contributed by atoms with Gasteiger partial charge in [0.15, 0.2) is 0 Å². The lowest BCUT2D eigenvalue weighted by Gasteiger charge is -2.33. The van der Waals surface area contributed by atoms with Gasteiger partial charge in [0.25, 0.3) is 0 Å². The first-order valence-electron chi connectivity index (χ1n) is 12.1. The Morgan fingerprint density at radius 1 is 1.21 bits per heavy atom. The number of hydrogen-bond acceptors (Lipinski definition) is 5. The largest absolute Gasteiger partial charge is 0.467 e. The molecule has 8 heteroatoms. The highest BCUT2D eigenvalue weighted by Gasteiger charge is 2.45. The zero-order valence-corrected chi connectivity index (χ0v) is 19.9. The number of hydrogen-bond donors (Lipinski definition) is 2. The quantitative estimate of drug-likeness (QED) is 0.562. The molecule has 0 radical (unpaired) electrons. The maximum atomic E-state index is 13.2. The average molecular weight is 464 g/mol. The molecule has 0 saturated carbocycles. The summed E-state index contributed by atoms with van der Waals surface area (Å²) in [5.74, 6) is 0.840. The molecule has 180 valence electrons. The number of nitrogens with one attached hydrogen (secondary N) is 2. The maximum absolute atomic E-state index is 13.2. The van der Waals surface area contributed by atoms with Crippen molar-refractivity contribution in [3.63, 3.8) is 0 Å². The van der Waals surface area contributed by atoms with Crippen LogP contribution in [0.3, 0.4) is 0 Å². The Bertz CT molecular complexity index is 1150. The van der Waals surface area contributed by atoms with E-state index in [1.165, 1.54) is 16.5 Å². The number of aromatic nitrogens is 1. The number of aryl methyl sites for hydroxylation is 1. The zero-order chi connectivity index (χ0) is 23.7. The maximum Gasteiger partial charge on any atom is 0.239 e. The molecule has 5 rings (SSSR count). The first-order valence-corrected chi connectivity index (χ1v) is 12.1. The molecular weight excluding hydrogens is 430 g/mol. The molecule has 8 nitrogen and oxygen atoms in total. The van der Waals surface area contributed by atoms with Crippen molar-refractivity contribution < 1.29 is 14.0 Å². The van der Waals surface area contributed by atoms with Crippen LogP contribution in [0.2, 0.25) is 0 Å². The fourth-order valence-corrected chi connectivity index (χ4v) is 5.58. The molecule has 2 fully saturated rings. The number of likely N-dealkylation sites (tertiary alicyclic amines) is 1. The SMILES string of the molecule is CN1C(CCC(=O)NCc2ccco2)CNC(=O)C2C1CCN2Cc1cn(C)c2ccccc12. The van der Waals surface area contributed by atoms with Crippen molar-refractivity contribution in [2.24, 2.45) is 7.05 Å². The van der Waals surface area contributed by atoms with Crippen LogP contribution in [-0.2, 0) is 29.7 Å². The molecule has 2 saturated heterocycles. The smallest absolute Gasteiger partial charge is 0.239 e. The first kappa shape index (κ1) is 22.7. The Balaban J connectivity index is 1.22. The highest BCUT2D eigenvalue weighted by atomic mass is 16.3. The van der Waals surface area contributed by atoms with Crippen LogP contribution < -0.4 is 10.6 Å². The second kappa shape index (κ2) is 9.64. The summed E-state index contributed by atoms with van der Waals surface area (Å²) < 4.78 is 7.43. The predicted octanol–water partition coefficient (Wildman–Crippen LogP) is 2.24. The summed E-state index contributed by atoms with van der Waals surface area (Å²) in [5.41, 5.74) is 2.46. The van der Waals surface area contributed by atoms with Crippen molar-refractivity contribution >= 4 is 22.7 Å². The average Bonchev–Trinajstić information content (AvgIpc) is 3.56. The number of likely N-dealkylation sites (N-methyl/N-ethyl adjacent to an activating group) is 1. The van der Waals surface area contributed by atoms with E-state index in [9.17, 15) is 9.59 Å². The minimum Gasteiger partial charge on any atom is -0.467 e. The molecule has 1 aromatic carbocycles. The van der Waals surface area contributed by atoms with E-state index in [0.29, 0.717) is 25.9 Å². The predicted molar refractivity (Wildman–Crippen MR) is 130 cm³/mol. The van der Waals surface area contributed by atoms with Gasteiger partial charge in [0.2, 0.25) is 11.8 Å². The Labute approximate surface area is 199 Å². The number of benzene rings is 1. The van der Waals surface area contributed by atoms with E-state index in [1.807, 2.05) is 12.1 Å². The summed E-state index contributed by atoms with van der Waals surface area (Å²) in [6.45, 7) is 2.60. The Hall–Kier alpha value is -3.10. The number of furan rings is 1. The Kier molecular flexibility index (Phi) is 6.43. The van der Waals surface area contributed by atoms with Crippen molar-refractivity contribution in [1.82, 2.24) is 25.0 Å². The highest BCUT2D eigenvalue weighted by molar-refractivity contribution is 5.85. The van der Waals surface area contributed by atoms with Gasteiger partial charge in [0, 0.05) is 62.3 Å². The van der Waals surface area contributed by atoms with Gasteiger partial charge < -0.3 is 19.6 Å². The summed E-state index contributed by atoms with van der Waals surface area (Å²) in [5, 5.41) is 7.32. The van der Waals surface area contributed by atoms with Gasteiger partial charge in [-0.2, -0.15) is 0 Å². The number of fused-ring (bicyclic) bond motifs is 2. The first-order chi connectivity index (χ1) is 16.5. The number of nitrogens with zero attached hydrogens (tertiary/aromatic N) is 3. The van der Waals surface area contributed by atoms with Crippen LogP contribution in [0.4, 0.5) is 0 Å². The van der Waals surface area contributed by atoms with E-state index in [2.05, 4.69) is 69.6 Å².